The van der Waals surface area contributed by atoms with Crippen molar-refractivity contribution in [3.05, 3.63) is 133 Å². The Bertz CT molecular complexity index is 2760. The first-order chi connectivity index (χ1) is 23.8. The molecule has 0 unspecified atom stereocenters. The van der Waals surface area contributed by atoms with Gasteiger partial charge in [0.2, 0.25) is 0 Å². The molecular formula is C42H31F3O3SSi. The number of hydrogen-bond acceptors (Lipinski definition) is 3. The summed E-state index contributed by atoms with van der Waals surface area (Å²) in [6.07, 6.45) is 0. The molecule has 0 aliphatic heterocycles. The highest BCUT2D eigenvalue weighted by Crippen LogP contribution is 2.50. The van der Waals surface area contributed by atoms with Crippen molar-refractivity contribution in [3.8, 4) is 28.0 Å². The lowest BCUT2D eigenvalue weighted by molar-refractivity contribution is -0.0499. The van der Waals surface area contributed by atoms with Crippen molar-refractivity contribution in [3.63, 3.8) is 0 Å². The van der Waals surface area contributed by atoms with Crippen LogP contribution in [-0.2, 0) is 10.1 Å². The second kappa shape index (κ2) is 11.4. The minimum atomic E-state index is -5.89. The van der Waals surface area contributed by atoms with E-state index < -0.39 is 23.7 Å². The third-order valence-electron chi connectivity index (χ3n) is 9.46. The van der Waals surface area contributed by atoms with Gasteiger partial charge in [-0.05, 0) is 99.5 Å². The van der Waals surface area contributed by atoms with E-state index in [2.05, 4.69) is 66.7 Å². The van der Waals surface area contributed by atoms with E-state index in [1.165, 1.54) is 6.07 Å². The molecule has 8 heteroatoms. The summed E-state index contributed by atoms with van der Waals surface area (Å²) in [7, 11) is -8.32. The summed E-state index contributed by atoms with van der Waals surface area (Å²) in [6.45, 7) is 5.86. The van der Waals surface area contributed by atoms with E-state index in [1.807, 2.05) is 80.3 Å². The van der Waals surface area contributed by atoms with E-state index >= 15 is 0 Å². The summed E-state index contributed by atoms with van der Waals surface area (Å²) < 4.78 is 70.4. The lowest BCUT2D eigenvalue weighted by atomic mass is 9.81. The van der Waals surface area contributed by atoms with E-state index in [-0.39, 0.29) is 5.75 Å². The lowest BCUT2D eigenvalue weighted by Gasteiger charge is -2.24. The lowest BCUT2D eigenvalue weighted by Crippen LogP contribution is -2.40. The van der Waals surface area contributed by atoms with Crippen molar-refractivity contribution < 1.29 is 25.8 Å². The summed E-state index contributed by atoms with van der Waals surface area (Å²) in [5, 5.41) is 10.3. The summed E-state index contributed by atoms with van der Waals surface area (Å²) in [5.41, 5.74) is -1.51. The molecule has 3 nitrogen and oxygen atoms in total. The topological polar surface area (TPSA) is 43.4 Å². The van der Waals surface area contributed by atoms with Crippen LogP contribution in [0.5, 0.6) is 5.75 Å². The fraction of sp³-hybridized carbons (Fsp3) is 0.0952. The molecule has 248 valence electrons. The Hall–Kier alpha value is -5.18. The molecule has 0 amide bonds. The quantitative estimate of drug-likeness (QED) is 0.0590. The predicted octanol–water partition coefficient (Wildman–Crippen LogP) is 11.6. The van der Waals surface area contributed by atoms with Gasteiger partial charge in [-0.3, -0.25) is 0 Å². The van der Waals surface area contributed by atoms with Gasteiger partial charge in [-0.15, -0.1) is 0 Å². The van der Waals surface area contributed by atoms with Crippen molar-refractivity contribution in [1.29, 1.82) is 0 Å². The van der Waals surface area contributed by atoms with Crippen LogP contribution < -0.4 is 9.37 Å². The van der Waals surface area contributed by atoms with Gasteiger partial charge < -0.3 is 4.18 Å². The molecule has 0 spiro atoms. The molecule has 8 rings (SSSR count). The van der Waals surface area contributed by atoms with E-state index in [1.54, 1.807) is 0 Å². The van der Waals surface area contributed by atoms with Crippen molar-refractivity contribution in [1.82, 2.24) is 0 Å². The Morgan fingerprint density at radius 3 is 1.34 bits per heavy atom. The van der Waals surface area contributed by atoms with Crippen LogP contribution in [0.2, 0.25) is 19.6 Å². The number of fused-ring (bicyclic) bond motifs is 8. The molecule has 0 fully saturated rings. The van der Waals surface area contributed by atoms with Crippen LogP contribution >= 0.6 is 0 Å². The van der Waals surface area contributed by atoms with Crippen LogP contribution in [0.3, 0.4) is 0 Å². The monoisotopic (exact) mass is 700 g/mol. The third kappa shape index (κ3) is 5.13. The normalized spacial score (nSPS) is 12.8. The molecule has 0 aliphatic carbocycles. The van der Waals surface area contributed by atoms with Gasteiger partial charge in [0.15, 0.2) is 0 Å². The van der Waals surface area contributed by atoms with Crippen molar-refractivity contribution in [2.75, 3.05) is 0 Å². The highest BCUT2D eigenvalue weighted by molar-refractivity contribution is 7.88. The van der Waals surface area contributed by atoms with Crippen molar-refractivity contribution in [2.45, 2.75) is 25.1 Å². The maximum Gasteiger partial charge on any atom is 0.534 e. The molecule has 0 aliphatic rings. The number of alkyl halides is 3. The zero-order chi connectivity index (χ0) is 35.0. The highest BCUT2D eigenvalue weighted by Gasteiger charge is 2.49. The number of halogens is 3. The Balaban J connectivity index is 1.64. The van der Waals surface area contributed by atoms with Crippen molar-refractivity contribution in [2.24, 2.45) is 0 Å². The molecule has 0 saturated heterocycles. The molecule has 0 bridgehead atoms. The maximum absolute atomic E-state index is 13.6. The van der Waals surface area contributed by atoms with E-state index in [4.69, 9.17) is 4.18 Å². The zero-order valence-corrected chi connectivity index (χ0v) is 29.3. The molecule has 0 heterocycles. The molecule has 0 saturated carbocycles. The van der Waals surface area contributed by atoms with Gasteiger partial charge in [0.1, 0.15) is 5.75 Å². The van der Waals surface area contributed by atoms with Crippen LogP contribution in [0.25, 0.3) is 76.1 Å². The Morgan fingerprint density at radius 2 is 0.920 bits per heavy atom. The van der Waals surface area contributed by atoms with Gasteiger partial charge in [0.25, 0.3) is 0 Å². The predicted molar refractivity (Wildman–Crippen MR) is 203 cm³/mol. The second-order valence-electron chi connectivity index (χ2n) is 13.6. The minimum absolute atomic E-state index is 0.282. The molecule has 0 aromatic heterocycles. The summed E-state index contributed by atoms with van der Waals surface area (Å²) >= 11 is 0. The first-order valence-electron chi connectivity index (χ1n) is 16.3. The second-order valence-corrected chi connectivity index (χ2v) is 20.2. The average Bonchev–Trinajstić information content (AvgIpc) is 3.09. The van der Waals surface area contributed by atoms with Crippen LogP contribution in [0, 0.1) is 0 Å². The first kappa shape index (κ1) is 32.0. The molecular weight excluding hydrogens is 670 g/mol. The first-order valence-corrected chi connectivity index (χ1v) is 21.2. The van der Waals surface area contributed by atoms with Crippen LogP contribution in [0.4, 0.5) is 13.2 Å². The zero-order valence-electron chi connectivity index (χ0n) is 27.5. The molecule has 50 heavy (non-hydrogen) atoms. The van der Waals surface area contributed by atoms with Gasteiger partial charge in [-0.1, -0.05) is 135 Å². The van der Waals surface area contributed by atoms with Gasteiger partial charge in [0, 0.05) is 0 Å². The fourth-order valence-electron chi connectivity index (χ4n) is 7.30. The van der Waals surface area contributed by atoms with E-state index in [0.29, 0.717) is 10.6 Å². The van der Waals surface area contributed by atoms with E-state index in [0.717, 1.165) is 70.7 Å². The Kier molecular flexibility index (Phi) is 7.33. The molecule has 0 radical (unpaired) electrons. The van der Waals surface area contributed by atoms with Gasteiger partial charge in [-0.25, -0.2) is 0 Å². The summed E-state index contributed by atoms with van der Waals surface area (Å²) in [4.78, 5) is 0. The van der Waals surface area contributed by atoms with Crippen LogP contribution in [0.1, 0.15) is 0 Å². The van der Waals surface area contributed by atoms with E-state index in [9.17, 15) is 21.6 Å². The Morgan fingerprint density at radius 1 is 0.520 bits per heavy atom. The fourth-order valence-corrected chi connectivity index (χ4v) is 9.30. The van der Waals surface area contributed by atoms with Crippen molar-refractivity contribution >= 4 is 77.2 Å². The standard InChI is InChI=1S/C42H31F3O3SSi/c1-50(2,3)37-25-29-23-35-34(22-28(29)24-36(37)48-49(46,47)42(43,44)45)38(26-14-6-4-7-15-26)40-32-20-12-10-18-30(32)31-19-11-13-21-33(31)41(40)39(35)27-16-8-5-9-17-27/h4-25H,1-3H3. The van der Waals surface area contributed by atoms with Gasteiger partial charge in [-0.2, -0.15) is 21.6 Å². The molecule has 0 atom stereocenters. The number of rotatable bonds is 5. The summed E-state index contributed by atoms with van der Waals surface area (Å²) in [5.74, 6) is -0.282. The molecule has 0 N–H and O–H groups in total. The van der Waals surface area contributed by atoms with Crippen LogP contribution in [0.15, 0.2) is 133 Å². The third-order valence-corrected chi connectivity index (χ3v) is 12.4. The molecule has 8 aromatic rings. The number of hydrogen-bond donors (Lipinski definition) is 0. The minimum Gasteiger partial charge on any atom is -0.376 e. The SMILES string of the molecule is C[Si](C)(C)c1cc2cc3c(-c4ccccc4)c4c5ccccc5c5ccccc5c4c(-c4ccccc4)c3cc2cc1OS(=O)(=O)C(F)(F)F. The highest BCUT2D eigenvalue weighted by atomic mass is 32.2. The summed E-state index contributed by atoms with van der Waals surface area (Å²) in [6, 6.07) is 44.6. The van der Waals surface area contributed by atoms with Crippen LogP contribution in [-0.4, -0.2) is 22.0 Å². The number of benzene rings is 8. The van der Waals surface area contributed by atoms with Gasteiger partial charge in [0.05, 0.1) is 8.07 Å². The maximum atomic E-state index is 13.6. The van der Waals surface area contributed by atoms with Gasteiger partial charge >= 0.3 is 15.6 Å². The Labute approximate surface area is 288 Å². The largest absolute Gasteiger partial charge is 0.534 e. The smallest absolute Gasteiger partial charge is 0.376 e. The molecule has 8 aromatic carbocycles. The average molecular weight is 701 g/mol.